The molecule has 0 unspecified atom stereocenters. The normalized spacial score (nSPS) is 11.4. The van der Waals surface area contributed by atoms with E-state index in [1.54, 1.807) is 0 Å². The van der Waals surface area contributed by atoms with Crippen molar-refractivity contribution < 1.29 is 9.59 Å². The molecule has 128 valence electrons. The minimum absolute atomic E-state index is 0.277. The Morgan fingerprint density at radius 3 is 2.40 bits per heavy atom. The maximum absolute atomic E-state index is 11.8. The molecule has 0 aliphatic carbocycles. The summed E-state index contributed by atoms with van der Waals surface area (Å²) < 4.78 is 0. The minimum Gasteiger partial charge on any atom is -0.318 e. The second kappa shape index (κ2) is 9.01. The van der Waals surface area contributed by atoms with Gasteiger partial charge in [-0.05, 0) is 36.3 Å². The smallest absolute Gasteiger partial charge is 0.318 e. The van der Waals surface area contributed by atoms with E-state index in [1.807, 2.05) is 43.3 Å². The fraction of sp³-hybridized carbons (Fsp3) is 0.0556. The van der Waals surface area contributed by atoms with Crippen LogP contribution in [0.3, 0.4) is 0 Å². The van der Waals surface area contributed by atoms with Crippen molar-refractivity contribution in [2.45, 2.75) is 6.92 Å². The summed E-state index contributed by atoms with van der Waals surface area (Å²) in [6.45, 7) is 1.83. The van der Waals surface area contributed by atoms with Crippen molar-refractivity contribution in [3.05, 3.63) is 69.7 Å². The molecular weight excluding hydrogens is 361 g/mol. The molecule has 5 nitrogen and oxygen atoms in total. The van der Waals surface area contributed by atoms with Crippen LogP contribution in [0.25, 0.3) is 6.08 Å². The Labute approximate surface area is 155 Å². The van der Waals surface area contributed by atoms with Crippen molar-refractivity contribution in [1.29, 1.82) is 0 Å². The van der Waals surface area contributed by atoms with Crippen LogP contribution >= 0.6 is 23.2 Å². The number of hydrazone groups is 1. The van der Waals surface area contributed by atoms with Gasteiger partial charge in [0.1, 0.15) is 0 Å². The van der Waals surface area contributed by atoms with Crippen LogP contribution in [-0.2, 0) is 9.59 Å². The number of hydrogen-bond acceptors (Lipinski definition) is 3. The third-order valence-corrected chi connectivity index (χ3v) is 3.75. The lowest BCUT2D eigenvalue weighted by molar-refractivity contribution is -0.136. The number of nitrogens with zero attached hydrogens (tertiary/aromatic N) is 1. The topological polar surface area (TPSA) is 70.6 Å². The molecule has 0 saturated carbocycles. The van der Waals surface area contributed by atoms with Crippen LogP contribution in [-0.4, -0.2) is 18.0 Å². The van der Waals surface area contributed by atoms with E-state index >= 15 is 0 Å². The standard InChI is InChI=1S/C18H15Cl2N3O2/c1-12(9-13-5-3-2-4-6-13)11-21-23-18(25)17(24)22-14-7-8-15(19)16(20)10-14/h2-11H,1H3,(H,22,24)(H,23,25)/b12-9-,21-11-. The Hall–Kier alpha value is -2.63. The van der Waals surface area contributed by atoms with E-state index in [9.17, 15) is 9.59 Å². The summed E-state index contributed by atoms with van der Waals surface area (Å²) in [4.78, 5) is 23.5. The molecule has 0 radical (unpaired) electrons. The number of carbonyl (C=O) groups excluding carboxylic acids is 2. The molecule has 0 aliphatic rings. The molecule has 0 bridgehead atoms. The predicted molar refractivity (Wildman–Crippen MR) is 102 cm³/mol. The third kappa shape index (κ3) is 6.06. The molecule has 0 fully saturated rings. The zero-order chi connectivity index (χ0) is 18.2. The molecule has 2 N–H and O–H groups in total. The van der Waals surface area contributed by atoms with Gasteiger partial charge in [0.05, 0.1) is 16.3 Å². The van der Waals surface area contributed by atoms with Gasteiger partial charge in [0, 0.05) is 5.69 Å². The highest BCUT2D eigenvalue weighted by Crippen LogP contribution is 2.24. The molecule has 0 atom stereocenters. The van der Waals surface area contributed by atoms with Crippen LogP contribution < -0.4 is 10.7 Å². The Morgan fingerprint density at radius 2 is 1.72 bits per heavy atom. The van der Waals surface area contributed by atoms with E-state index in [0.29, 0.717) is 10.7 Å². The number of rotatable bonds is 4. The summed E-state index contributed by atoms with van der Waals surface area (Å²) in [6, 6.07) is 14.2. The van der Waals surface area contributed by atoms with Gasteiger partial charge in [0.2, 0.25) is 0 Å². The molecule has 2 aromatic rings. The lowest BCUT2D eigenvalue weighted by Crippen LogP contribution is -2.32. The fourth-order valence-electron chi connectivity index (χ4n) is 1.85. The number of hydrogen-bond donors (Lipinski definition) is 2. The number of halogens is 2. The molecule has 0 spiro atoms. The van der Waals surface area contributed by atoms with Gasteiger partial charge < -0.3 is 5.32 Å². The van der Waals surface area contributed by atoms with Gasteiger partial charge in [-0.1, -0.05) is 59.6 Å². The van der Waals surface area contributed by atoms with E-state index < -0.39 is 11.8 Å². The zero-order valence-corrected chi connectivity index (χ0v) is 14.8. The number of anilines is 1. The first kappa shape index (κ1) is 18.7. The number of nitrogens with one attached hydrogen (secondary N) is 2. The van der Waals surface area contributed by atoms with E-state index in [0.717, 1.165) is 11.1 Å². The maximum Gasteiger partial charge on any atom is 0.329 e. The molecule has 2 amide bonds. The van der Waals surface area contributed by atoms with Crippen LogP contribution in [0.1, 0.15) is 12.5 Å². The number of allylic oxidation sites excluding steroid dienone is 1. The third-order valence-electron chi connectivity index (χ3n) is 3.01. The van der Waals surface area contributed by atoms with Crippen LogP contribution in [0.5, 0.6) is 0 Å². The molecule has 0 heterocycles. The number of benzene rings is 2. The first-order valence-electron chi connectivity index (χ1n) is 7.28. The van der Waals surface area contributed by atoms with E-state index in [4.69, 9.17) is 23.2 Å². The second-order valence-corrected chi connectivity index (χ2v) is 5.90. The van der Waals surface area contributed by atoms with Crippen LogP contribution in [0, 0.1) is 0 Å². The Morgan fingerprint density at radius 1 is 1.00 bits per heavy atom. The van der Waals surface area contributed by atoms with Crippen LogP contribution in [0.4, 0.5) is 5.69 Å². The minimum atomic E-state index is -0.894. The second-order valence-electron chi connectivity index (χ2n) is 5.08. The Balaban J connectivity index is 1.89. The highest BCUT2D eigenvalue weighted by molar-refractivity contribution is 6.42. The average molecular weight is 376 g/mol. The molecule has 2 aromatic carbocycles. The number of amides is 2. The summed E-state index contributed by atoms with van der Waals surface area (Å²) >= 11 is 11.6. The Kier molecular flexibility index (Phi) is 6.74. The Bertz CT molecular complexity index is 833. The summed E-state index contributed by atoms with van der Waals surface area (Å²) in [5.74, 6) is -1.75. The van der Waals surface area contributed by atoms with Gasteiger partial charge in [0.25, 0.3) is 0 Å². The number of carbonyl (C=O) groups is 2. The van der Waals surface area contributed by atoms with Crippen molar-refractivity contribution >= 4 is 53.0 Å². The van der Waals surface area contributed by atoms with Crippen molar-refractivity contribution in [1.82, 2.24) is 5.43 Å². The monoisotopic (exact) mass is 375 g/mol. The van der Waals surface area contributed by atoms with E-state index in [2.05, 4.69) is 15.8 Å². The molecule has 2 rings (SSSR count). The lowest BCUT2D eigenvalue weighted by atomic mass is 10.1. The van der Waals surface area contributed by atoms with E-state index in [-0.39, 0.29) is 5.02 Å². The highest BCUT2D eigenvalue weighted by Gasteiger charge is 2.13. The lowest BCUT2D eigenvalue weighted by Gasteiger charge is -2.05. The first-order valence-corrected chi connectivity index (χ1v) is 8.04. The highest BCUT2D eigenvalue weighted by atomic mass is 35.5. The van der Waals surface area contributed by atoms with Crippen molar-refractivity contribution in [2.75, 3.05) is 5.32 Å². The largest absolute Gasteiger partial charge is 0.329 e. The van der Waals surface area contributed by atoms with Gasteiger partial charge in [-0.15, -0.1) is 0 Å². The molecule has 7 heteroatoms. The molecular formula is C18H15Cl2N3O2. The van der Waals surface area contributed by atoms with Crippen molar-refractivity contribution in [3.63, 3.8) is 0 Å². The van der Waals surface area contributed by atoms with Gasteiger partial charge in [-0.25, -0.2) is 5.43 Å². The quantitative estimate of drug-likeness (QED) is 0.478. The summed E-state index contributed by atoms with van der Waals surface area (Å²) in [5, 5.41) is 6.80. The SMILES string of the molecule is CC(/C=N\NC(=O)C(=O)Nc1ccc(Cl)c(Cl)c1)=C/c1ccccc1. The average Bonchev–Trinajstić information content (AvgIpc) is 2.59. The molecule has 0 aliphatic heterocycles. The van der Waals surface area contributed by atoms with Crippen LogP contribution in [0.15, 0.2) is 59.2 Å². The van der Waals surface area contributed by atoms with Crippen molar-refractivity contribution in [3.8, 4) is 0 Å². The van der Waals surface area contributed by atoms with E-state index in [1.165, 1.54) is 24.4 Å². The molecule has 0 saturated heterocycles. The first-order chi connectivity index (χ1) is 12.0. The molecule has 25 heavy (non-hydrogen) atoms. The van der Waals surface area contributed by atoms with Gasteiger partial charge in [-0.2, -0.15) is 5.10 Å². The van der Waals surface area contributed by atoms with Gasteiger partial charge in [0.15, 0.2) is 0 Å². The summed E-state index contributed by atoms with van der Waals surface area (Å²) in [5.41, 5.74) is 4.35. The summed E-state index contributed by atoms with van der Waals surface area (Å²) in [6.07, 6.45) is 3.35. The summed E-state index contributed by atoms with van der Waals surface area (Å²) in [7, 11) is 0. The fourth-order valence-corrected chi connectivity index (χ4v) is 2.15. The van der Waals surface area contributed by atoms with Gasteiger partial charge >= 0.3 is 11.8 Å². The predicted octanol–water partition coefficient (Wildman–Crippen LogP) is 4.14. The zero-order valence-electron chi connectivity index (χ0n) is 13.3. The van der Waals surface area contributed by atoms with Gasteiger partial charge in [-0.3, -0.25) is 9.59 Å². The maximum atomic E-state index is 11.8. The van der Waals surface area contributed by atoms with Crippen molar-refractivity contribution in [2.24, 2.45) is 5.10 Å². The molecule has 0 aromatic heterocycles. The van der Waals surface area contributed by atoms with Crippen LogP contribution in [0.2, 0.25) is 10.0 Å².